The number of halogens is 2. The number of amides is 2. The largest absolute Gasteiger partial charge is 0.512 e. The average molecular weight is 1040 g/mol. The van der Waals surface area contributed by atoms with Crippen molar-refractivity contribution in [3.8, 4) is 45.3 Å². The molecule has 2 amide bonds. The Balaban J connectivity index is 0.827. The molecule has 0 aliphatic carbocycles. The Morgan fingerprint density at radius 1 is 0.635 bits per heavy atom. The molecular weight excluding hydrogens is 992 g/mol. The summed E-state index contributed by atoms with van der Waals surface area (Å²) in [4.78, 5) is 54.2. The first kappa shape index (κ1) is 49.6. The molecule has 380 valence electrons. The zero-order valence-electron chi connectivity index (χ0n) is 40.7. The zero-order valence-corrected chi connectivity index (χ0v) is 42.2. The zero-order chi connectivity index (χ0) is 51.5. The molecule has 0 spiro atoms. The third-order valence-electron chi connectivity index (χ3n) is 13.0. The van der Waals surface area contributed by atoms with Gasteiger partial charge < -0.3 is 20.1 Å². The summed E-state index contributed by atoms with van der Waals surface area (Å²) in [5.74, 6) is 0.847. The highest BCUT2D eigenvalue weighted by molar-refractivity contribution is 6.34. The van der Waals surface area contributed by atoms with Crippen molar-refractivity contribution in [2.24, 2.45) is 14.1 Å². The third kappa shape index (κ3) is 9.93. The number of nitrogens with one attached hydrogen (secondary N) is 2. The molecule has 8 heterocycles. The molecular formula is C49H50Cl2N18O5. The molecule has 10 rings (SSSR count). The summed E-state index contributed by atoms with van der Waals surface area (Å²) in [7, 11) is 3.48. The second-order valence-electron chi connectivity index (χ2n) is 17.8. The maximum Gasteiger partial charge on any atom is 0.512 e. The number of aryl methyl sites for hydroxylation is 2. The Kier molecular flexibility index (Phi) is 14.5. The van der Waals surface area contributed by atoms with Gasteiger partial charge in [-0.2, -0.15) is 19.6 Å². The van der Waals surface area contributed by atoms with Crippen LogP contribution in [0.2, 0.25) is 10.0 Å². The van der Waals surface area contributed by atoms with Gasteiger partial charge in [0.05, 0.1) is 34.5 Å². The summed E-state index contributed by atoms with van der Waals surface area (Å²) >= 11 is 13.2. The molecule has 4 atom stereocenters. The van der Waals surface area contributed by atoms with E-state index in [1.807, 2.05) is 24.3 Å². The molecule has 2 fully saturated rings. The van der Waals surface area contributed by atoms with E-state index in [1.54, 1.807) is 120 Å². The molecule has 6 aromatic heterocycles. The molecule has 0 radical (unpaired) electrons. The Hall–Kier alpha value is -7.99. The van der Waals surface area contributed by atoms with Crippen LogP contribution < -0.4 is 20.4 Å². The third-order valence-corrected chi connectivity index (χ3v) is 13.6. The normalized spacial score (nSPS) is 16.6. The van der Waals surface area contributed by atoms with Crippen molar-refractivity contribution in [2.45, 2.75) is 64.1 Å². The van der Waals surface area contributed by atoms with Gasteiger partial charge in [0.2, 0.25) is 11.6 Å². The molecule has 0 bridgehead atoms. The summed E-state index contributed by atoms with van der Waals surface area (Å²) in [5, 5.41) is 41.2. The van der Waals surface area contributed by atoms with Crippen LogP contribution in [0.1, 0.15) is 72.7 Å². The van der Waals surface area contributed by atoms with E-state index in [-0.39, 0.29) is 35.5 Å². The van der Waals surface area contributed by atoms with Gasteiger partial charge in [0.25, 0.3) is 11.8 Å². The molecule has 2 aliphatic rings. The first-order valence-corrected chi connectivity index (χ1v) is 24.7. The highest BCUT2D eigenvalue weighted by Gasteiger charge is 2.33. The number of tetrazole rings is 2. The topological polar surface area (TPSA) is 249 Å². The first-order chi connectivity index (χ1) is 36.0. The van der Waals surface area contributed by atoms with Crippen molar-refractivity contribution in [3.05, 3.63) is 119 Å². The van der Waals surface area contributed by atoms with Crippen molar-refractivity contribution in [1.82, 2.24) is 80.6 Å². The second kappa shape index (κ2) is 21.6. The molecule has 23 nitrogen and oxygen atoms in total. The Bertz CT molecular complexity index is 3080. The SMILES string of the molecule is C[C@@H](OC(=O)O[C@H](C)n1nnnc1-c1c(-c2ccc(C(=O)N(c3ncccc3Cl)[C@@H]3CCCNC3)cc2)cnn1C)n1nnnc1-c1c(-c2ccc(C(=O)N(c3ncccc3Cl)[C@@H]3CCCNC3)cc2)cnn1C. The maximum absolute atomic E-state index is 14.2. The summed E-state index contributed by atoms with van der Waals surface area (Å²) in [6.07, 6.45) is 6.81. The van der Waals surface area contributed by atoms with Crippen LogP contribution in [0.3, 0.4) is 0 Å². The lowest BCUT2D eigenvalue weighted by Crippen LogP contribution is -2.49. The molecule has 25 heteroatoms. The van der Waals surface area contributed by atoms with Crippen LogP contribution in [0.4, 0.5) is 16.4 Å². The van der Waals surface area contributed by atoms with Crippen LogP contribution >= 0.6 is 23.2 Å². The Morgan fingerprint density at radius 3 is 1.43 bits per heavy atom. The number of benzene rings is 2. The fourth-order valence-corrected chi connectivity index (χ4v) is 9.80. The smallest absolute Gasteiger partial charge is 0.408 e. The van der Waals surface area contributed by atoms with E-state index in [9.17, 15) is 14.4 Å². The van der Waals surface area contributed by atoms with Gasteiger partial charge in [-0.25, -0.2) is 14.8 Å². The lowest BCUT2D eigenvalue weighted by Gasteiger charge is -2.34. The molecule has 8 aromatic rings. The van der Waals surface area contributed by atoms with E-state index in [2.05, 4.69) is 61.8 Å². The highest BCUT2D eigenvalue weighted by Crippen LogP contribution is 2.36. The predicted octanol–water partition coefficient (Wildman–Crippen LogP) is 6.58. The minimum absolute atomic E-state index is 0.132. The molecule has 2 aliphatic heterocycles. The summed E-state index contributed by atoms with van der Waals surface area (Å²) in [6.45, 7) is 6.16. The molecule has 2 saturated heterocycles. The number of pyridine rings is 2. The summed E-state index contributed by atoms with van der Waals surface area (Å²) in [5.41, 5.74) is 4.69. The van der Waals surface area contributed by atoms with E-state index < -0.39 is 18.6 Å². The second-order valence-corrected chi connectivity index (χ2v) is 18.6. The lowest BCUT2D eigenvalue weighted by atomic mass is 10.0. The number of rotatable bonds is 14. The highest BCUT2D eigenvalue weighted by atomic mass is 35.5. The van der Waals surface area contributed by atoms with Crippen molar-refractivity contribution < 1.29 is 23.9 Å². The van der Waals surface area contributed by atoms with Crippen LogP contribution in [0.15, 0.2) is 97.6 Å². The predicted molar refractivity (Wildman–Crippen MR) is 272 cm³/mol. The van der Waals surface area contributed by atoms with Crippen LogP contribution in [-0.2, 0) is 23.6 Å². The molecule has 74 heavy (non-hydrogen) atoms. The lowest BCUT2D eigenvalue weighted by molar-refractivity contribution is -0.0374. The van der Waals surface area contributed by atoms with Crippen molar-refractivity contribution in [3.63, 3.8) is 0 Å². The van der Waals surface area contributed by atoms with E-state index in [0.29, 0.717) is 68.4 Å². The number of anilines is 2. The molecule has 0 saturated carbocycles. The fourth-order valence-electron chi connectivity index (χ4n) is 9.37. The maximum atomic E-state index is 14.2. The summed E-state index contributed by atoms with van der Waals surface area (Å²) < 4.78 is 17.4. The number of piperidine rings is 2. The van der Waals surface area contributed by atoms with Gasteiger partial charge in [-0.05, 0) is 133 Å². The minimum Gasteiger partial charge on any atom is -0.408 e. The van der Waals surface area contributed by atoms with Crippen LogP contribution in [-0.4, -0.2) is 126 Å². The van der Waals surface area contributed by atoms with Crippen LogP contribution in [0.5, 0.6) is 0 Å². The standard InChI is InChI=1S/C49H50Cl2N18O5/c1-29(68-45(58-60-62-68)41-37(27-56-64(41)3)31-13-17-33(18-14-31)47(70)66(35-9-5-21-52-25-35)43-39(50)11-7-23-54-43)73-49(72)74-30(2)69-46(59-61-63-69)42-38(28-57-65(42)4)32-15-19-34(20-16-32)48(71)67(36-10-6-22-53-26-36)44-40(51)12-8-24-55-44/h7-8,11-20,23-24,27-30,35-36,52-53H,5-6,9-10,21-22,25-26H2,1-4H3/t29-,30-,35-,36-/m1/s1. The number of ether oxygens (including phenoxy) is 2. The monoisotopic (exact) mass is 1040 g/mol. The van der Waals surface area contributed by atoms with E-state index in [1.165, 1.54) is 9.36 Å². The van der Waals surface area contributed by atoms with Crippen molar-refractivity contribution >= 4 is 52.8 Å². The van der Waals surface area contributed by atoms with E-state index in [0.717, 1.165) is 49.9 Å². The van der Waals surface area contributed by atoms with Gasteiger partial charge in [-0.3, -0.25) is 28.8 Å². The van der Waals surface area contributed by atoms with Crippen molar-refractivity contribution in [1.29, 1.82) is 0 Å². The summed E-state index contributed by atoms with van der Waals surface area (Å²) in [6, 6.07) is 20.9. The Morgan fingerprint density at radius 2 is 1.05 bits per heavy atom. The number of carbonyl (C=O) groups excluding carboxylic acids is 3. The number of carbonyl (C=O) groups is 3. The van der Waals surface area contributed by atoms with E-state index in [4.69, 9.17) is 32.7 Å². The van der Waals surface area contributed by atoms with Gasteiger partial charge in [0, 0.05) is 61.8 Å². The van der Waals surface area contributed by atoms with Crippen LogP contribution in [0, 0.1) is 0 Å². The Labute approximate surface area is 433 Å². The first-order valence-electron chi connectivity index (χ1n) is 23.9. The van der Waals surface area contributed by atoms with Crippen LogP contribution in [0.25, 0.3) is 45.3 Å². The van der Waals surface area contributed by atoms with Gasteiger partial charge in [0.1, 0.15) is 11.4 Å². The molecule has 2 N–H and O–H groups in total. The van der Waals surface area contributed by atoms with E-state index >= 15 is 0 Å². The van der Waals surface area contributed by atoms with Crippen molar-refractivity contribution in [2.75, 3.05) is 36.0 Å². The average Bonchev–Trinajstić information content (AvgIpc) is 4.25. The molecule has 0 unspecified atom stereocenters. The fraction of sp³-hybridized carbons (Fsp3) is 0.327. The minimum atomic E-state index is -1.07. The number of nitrogens with zero attached hydrogens (tertiary/aromatic N) is 16. The van der Waals surface area contributed by atoms with Gasteiger partial charge >= 0.3 is 6.16 Å². The number of hydrogen-bond acceptors (Lipinski definition) is 17. The number of aromatic nitrogens is 14. The number of hydrogen-bond donors (Lipinski definition) is 2. The molecule has 2 aromatic carbocycles. The quantitative estimate of drug-likeness (QED) is 0.109. The van der Waals surface area contributed by atoms with Gasteiger partial charge in [-0.1, -0.05) is 47.5 Å². The van der Waals surface area contributed by atoms with Gasteiger partial charge in [0.15, 0.2) is 24.1 Å². The van der Waals surface area contributed by atoms with Gasteiger partial charge in [-0.15, -0.1) is 10.2 Å².